The smallest absolute Gasteiger partial charge is 0.238 e. The van der Waals surface area contributed by atoms with E-state index in [1.54, 1.807) is 30.5 Å². The first-order chi connectivity index (χ1) is 11.7. The lowest BCUT2D eigenvalue weighted by molar-refractivity contribution is 0.596. The molecule has 8 nitrogen and oxygen atoms in total. The van der Waals surface area contributed by atoms with Crippen LogP contribution < -0.4 is 10.3 Å². The number of sulfonamides is 2. The summed E-state index contributed by atoms with van der Waals surface area (Å²) in [5.74, 6) is 0. The molecule has 25 heavy (non-hydrogen) atoms. The summed E-state index contributed by atoms with van der Waals surface area (Å²) in [7, 11) is -7.53. The van der Waals surface area contributed by atoms with E-state index in [4.69, 9.17) is 10.3 Å². The Morgan fingerprint density at radius 2 is 1.16 bits per heavy atom. The fourth-order valence-electron chi connectivity index (χ4n) is 2.36. The molecule has 10 heteroatoms. The maximum absolute atomic E-state index is 11.3. The Balaban J connectivity index is 2.01. The van der Waals surface area contributed by atoms with Crippen molar-refractivity contribution in [2.24, 2.45) is 10.3 Å². The molecule has 130 valence electrons. The van der Waals surface area contributed by atoms with E-state index in [-0.39, 0.29) is 9.79 Å². The van der Waals surface area contributed by atoms with Crippen LogP contribution in [-0.4, -0.2) is 27.0 Å². The third-order valence-electron chi connectivity index (χ3n) is 3.60. The quantitative estimate of drug-likeness (QED) is 0.620. The van der Waals surface area contributed by atoms with Crippen LogP contribution in [0.1, 0.15) is 0 Å². The predicted octanol–water partition coefficient (Wildman–Crippen LogP) is 1.04. The summed E-state index contributed by atoms with van der Waals surface area (Å²) in [5, 5.41) is 17.0. The van der Waals surface area contributed by atoms with E-state index in [0.29, 0.717) is 11.3 Å². The van der Waals surface area contributed by atoms with Gasteiger partial charge in [0.15, 0.2) is 0 Å². The van der Waals surface area contributed by atoms with Crippen LogP contribution in [0.3, 0.4) is 0 Å². The van der Waals surface area contributed by atoms with Crippen LogP contribution in [-0.2, 0) is 20.0 Å². The van der Waals surface area contributed by atoms with E-state index in [2.05, 4.69) is 10.2 Å². The van der Waals surface area contributed by atoms with Crippen molar-refractivity contribution in [3.8, 4) is 22.4 Å². The van der Waals surface area contributed by atoms with Gasteiger partial charge in [0.25, 0.3) is 0 Å². The highest BCUT2D eigenvalue weighted by Crippen LogP contribution is 2.31. The van der Waals surface area contributed by atoms with Crippen LogP contribution in [0.4, 0.5) is 0 Å². The van der Waals surface area contributed by atoms with Gasteiger partial charge in [0, 0.05) is 11.1 Å². The number of rotatable bonds is 4. The van der Waals surface area contributed by atoms with Gasteiger partial charge < -0.3 is 0 Å². The average molecular weight is 378 g/mol. The molecule has 0 saturated heterocycles. The van der Waals surface area contributed by atoms with Gasteiger partial charge in [0.1, 0.15) is 0 Å². The number of primary sulfonamides is 2. The van der Waals surface area contributed by atoms with E-state index < -0.39 is 20.0 Å². The molecule has 5 N–H and O–H groups in total. The van der Waals surface area contributed by atoms with Crippen LogP contribution in [0.25, 0.3) is 22.4 Å². The molecule has 2 aromatic carbocycles. The molecule has 0 aliphatic rings. The van der Waals surface area contributed by atoms with Gasteiger partial charge in [-0.15, -0.1) is 0 Å². The molecule has 1 heterocycles. The number of hydrogen-bond donors (Lipinski definition) is 3. The lowest BCUT2D eigenvalue weighted by Crippen LogP contribution is -2.11. The normalized spacial score (nSPS) is 12.2. The molecule has 0 bridgehead atoms. The fraction of sp³-hybridized carbons (Fsp3) is 0. The molecule has 1 aromatic heterocycles. The number of nitrogens with zero attached hydrogens (tertiary/aromatic N) is 1. The minimum atomic E-state index is -3.76. The number of aromatic amines is 1. The summed E-state index contributed by atoms with van der Waals surface area (Å²) in [6, 6.07) is 12.1. The molecule has 0 fully saturated rings. The van der Waals surface area contributed by atoms with Gasteiger partial charge in [0.2, 0.25) is 20.0 Å². The SMILES string of the molecule is NS(=O)(=O)c1ccc(-c2cn[nH]c2-c2ccc(S(N)(=O)=O)cc2)cc1. The summed E-state index contributed by atoms with van der Waals surface area (Å²) < 4.78 is 45.3. The third-order valence-corrected chi connectivity index (χ3v) is 5.46. The van der Waals surface area contributed by atoms with Gasteiger partial charge in [-0.25, -0.2) is 27.1 Å². The summed E-state index contributed by atoms with van der Waals surface area (Å²) >= 11 is 0. The molecule has 0 unspecified atom stereocenters. The van der Waals surface area contributed by atoms with Gasteiger partial charge in [-0.2, -0.15) is 5.10 Å². The van der Waals surface area contributed by atoms with Crippen molar-refractivity contribution >= 4 is 20.0 Å². The van der Waals surface area contributed by atoms with E-state index in [9.17, 15) is 16.8 Å². The van der Waals surface area contributed by atoms with Crippen LogP contribution in [0.2, 0.25) is 0 Å². The first-order valence-electron chi connectivity index (χ1n) is 6.96. The van der Waals surface area contributed by atoms with Crippen LogP contribution in [0.15, 0.2) is 64.5 Å². The second kappa shape index (κ2) is 6.08. The molecule has 0 saturated carbocycles. The molecule has 0 radical (unpaired) electrons. The maximum atomic E-state index is 11.3. The first kappa shape index (κ1) is 17.3. The summed E-state index contributed by atoms with van der Waals surface area (Å²) in [5.41, 5.74) is 2.82. The zero-order valence-corrected chi connectivity index (χ0v) is 14.4. The molecule has 0 aliphatic heterocycles. The Bertz CT molecular complexity index is 1030. The highest BCUT2D eigenvalue weighted by Gasteiger charge is 2.13. The highest BCUT2D eigenvalue weighted by molar-refractivity contribution is 7.89. The summed E-state index contributed by atoms with van der Waals surface area (Å²) in [6.45, 7) is 0. The molecular formula is C15H14N4O4S2. The van der Waals surface area contributed by atoms with Crippen LogP contribution >= 0.6 is 0 Å². The van der Waals surface area contributed by atoms with Crippen molar-refractivity contribution < 1.29 is 16.8 Å². The standard InChI is InChI=1S/C15H14N4O4S2/c16-24(20,21)12-5-1-10(2-6-12)14-9-18-19-15(14)11-3-7-13(8-4-11)25(17,22)23/h1-9H,(H,18,19)(H2,16,20,21)(H2,17,22,23). The van der Waals surface area contributed by atoms with Crippen molar-refractivity contribution in [1.29, 1.82) is 0 Å². The van der Waals surface area contributed by atoms with E-state index in [0.717, 1.165) is 11.1 Å². The number of H-pyrrole nitrogens is 1. The lowest BCUT2D eigenvalue weighted by atomic mass is 10.0. The van der Waals surface area contributed by atoms with Crippen molar-refractivity contribution in [3.63, 3.8) is 0 Å². The Hall–Kier alpha value is -2.53. The summed E-state index contributed by atoms with van der Waals surface area (Å²) in [4.78, 5) is 0.0219. The van der Waals surface area contributed by atoms with Crippen molar-refractivity contribution in [2.75, 3.05) is 0 Å². The predicted molar refractivity (Wildman–Crippen MR) is 92.2 cm³/mol. The number of nitrogens with two attached hydrogens (primary N) is 2. The van der Waals surface area contributed by atoms with Crippen molar-refractivity contribution in [2.45, 2.75) is 9.79 Å². The van der Waals surface area contributed by atoms with Crippen LogP contribution in [0, 0.1) is 0 Å². The van der Waals surface area contributed by atoms with Gasteiger partial charge >= 0.3 is 0 Å². The Labute approximate surface area is 144 Å². The monoisotopic (exact) mass is 378 g/mol. The van der Waals surface area contributed by atoms with Gasteiger partial charge in [0.05, 0.1) is 21.7 Å². The molecule has 0 spiro atoms. The minimum absolute atomic E-state index is 0.00909. The summed E-state index contributed by atoms with van der Waals surface area (Å²) in [6.07, 6.45) is 1.59. The van der Waals surface area contributed by atoms with Gasteiger partial charge in [-0.3, -0.25) is 5.10 Å². The van der Waals surface area contributed by atoms with Gasteiger partial charge in [-0.05, 0) is 29.8 Å². The Morgan fingerprint density at radius 1 is 0.720 bits per heavy atom. The number of hydrogen-bond acceptors (Lipinski definition) is 5. The third kappa shape index (κ3) is 3.61. The molecule has 3 rings (SSSR count). The number of nitrogens with one attached hydrogen (secondary N) is 1. The zero-order valence-electron chi connectivity index (χ0n) is 12.7. The molecular weight excluding hydrogens is 364 g/mol. The van der Waals surface area contributed by atoms with E-state index >= 15 is 0 Å². The highest BCUT2D eigenvalue weighted by atomic mass is 32.2. The van der Waals surface area contributed by atoms with Crippen molar-refractivity contribution in [1.82, 2.24) is 10.2 Å². The Morgan fingerprint density at radius 3 is 1.60 bits per heavy atom. The van der Waals surface area contributed by atoms with Crippen molar-refractivity contribution in [3.05, 3.63) is 54.7 Å². The second-order valence-electron chi connectivity index (χ2n) is 5.30. The molecule has 0 aliphatic carbocycles. The van der Waals surface area contributed by atoms with E-state index in [1.165, 1.54) is 24.3 Å². The first-order valence-corrected chi connectivity index (χ1v) is 10.1. The molecule has 3 aromatic rings. The average Bonchev–Trinajstić information content (AvgIpc) is 3.03. The fourth-order valence-corrected chi connectivity index (χ4v) is 3.39. The lowest BCUT2D eigenvalue weighted by Gasteiger charge is -2.06. The van der Waals surface area contributed by atoms with E-state index in [1.807, 2.05) is 0 Å². The largest absolute Gasteiger partial charge is 0.277 e. The maximum Gasteiger partial charge on any atom is 0.238 e. The number of benzene rings is 2. The van der Waals surface area contributed by atoms with Gasteiger partial charge in [-0.1, -0.05) is 24.3 Å². The molecule has 0 atom stereocenters. The topological polar surface area (TPSA) is 149 Å². The Kier molecular flexibility index (Phi) is 4.21. The second-order valence-corrected chi connectivity index (χ2v) is 8.42. The number of aromatic nitrogens is 2. The zero-order chi connectivity index (χ0) is 18.2. The minimum Gasteiger partial charge on any atom is -0.277 e. The van der Waals surface area contributed by atoms with Crippen LogP contribution in [0.5, 0.6) is 0 Å². The molecule has 0 amide bonds.